The highest BCUT2D eigenvalue weighted by Crippen LogP contribution is 2.32. The molecule has 1 aromatic carbocycles. The number of rotatable bonds is 4. The number of anilines is 2. The molecule has 3 aromatic rings. The predicted octanol–water partition coefficient (Wildman–Crippen LogP) is 3.84. The third-order valence-electron chi connectivity index (χ3n) is 2.55. The van der Waals surface area contributed by atoms with Gasteiger partial charge in [0, 0.05) is 0 Å². The third-order valence-corrected chi connectivity index (χ3v) is 4.38. The van der Waals surface area contributed by atoms with E-state index in [4.69, 9.17) is 5.26 Å². The molecule has 0 fully saturated rings. The van der Waals surface area contributed by atoms with Crippen molar-refractivity contribution in [3.05, 3.63) is 54.0 Å². The standard InChI is InChI=1S/C14H8FN5S2/c15-10-5-1-2-6-11(10)18-13-19-20-14(22-13)21-12-7-3-4-9(8-16)17-12/h1-7H,(H,18,19). The number of benzene rings is 1. The lowest BCUT2D eigenvalue weighted by atomic mass is 10.3. The molecule has 2 aromatic heterocycles. The fourth-order valence-corrected chi connectivity index (χ4v) is 3.30. The van der Waals surface area contributed by atoms with Crippen LogP contribution in [-0.2, 0) is 0 Å². The van der Waals surface area contributed by atoms with Crippen molar-refractivity contribution in [3.63, 3.8) is 0 Å². The maximum atomic E-state index is 13.6. The Balaban J connectivity index is 1.74. The Morgan fingerprint density at radius 1 is 1.14 bits per heavy atom. The van der Waals surface area contributed by atoms with Gasteiger partial charge >= 0.3 is 0 Å². The van der Waals surface area contributed by atoms with E-state index in [1.54, 1.807) is 36.4 Å². The summed E-state index contributed by atoms with van der Waals surface area (Å²) in [6.45, 7) is 0. The SMILES string of the molecule is N#Cc1cccc(Sc2nnc(Nc3ccccc3F)s2)n1. The van der Waals surface area contributed by atoms with Gasteiger partial charge in [0.1, 0.15) is 22.6 Å². The second-order valence-corrected chi connectivity index (χ2v) is 6.30. The van der Waals surface area contributed by atoms with Gasteiger partial charge < -0.3 is 5.32 Å². The zero-order chi connectivity index (χ0) is 15.4. The average molecular weight is 329 g/mol. The summed E-state index contributed by atoms with van der Waals surface area (Å²) in [6, 6.07) is 13.5. The fourth-order valence-electron chi connectivity index (χ4n) is 1.60. The van der Waals surface area contributed by atoms with E-state index in [-0.39, 0.29) is 5.82 Å². The molecule has 8 heteroatoms. The molecule has 5 nitrogen and oxygen atoms in total. The second kappa shape index (κ2) is 6.51. The Bertz CT molecular complexity index is 843. The summed E-state index contributed by atoms with van der Waals surface area (Å²) in [5.74, 6) is -0.352. The summed E-state index contributed by atoms with van der Waals surface area (Å²) in [6.07, 6.45) is 0. The van der Waals surface area contributed by atoms with Gasteiger partial charge in [-0.05, 0) is 36.0 Å². The minimum Gasteiger partial charge on any atom is -0.328 e. The van der Waals surface area contributed by atoms with E-state index >= 15 is 0 Å². The van der Waals surface area contributed by atoms with Gasteiger partial charge in [-0.3, -0.25) is 0 Å². The van der Waals surface area contributed by atoms with Crippen molar-refractivity contribution < 1.29 is 4.39 Å². The molecule has 0 radical (unpaired) electrons. The first kappa shape index (κ1) is 14.4. The molecule has 0 atom stereocenters. The Kier molecular flexibility index (Phi) is 4.27. The normalized spacial score (nSPS) is 10.2. The zero-order valence-corrected chi connectivity index (χ0v) is 12.7. The Hall–Kier alpha value is -2.50. The van der Waals surface area contributed by atoms with E-state index in [0.29, 0.717) is 25.9 Å². The summed E-state index contributed by atoms with van der Waals surface area (Å²) < 4.78 is 14.2. The number of pyridine rings is 1. The van der Waals surface area contributed by atoms with Crippen molar-refractivity contribution in [2.24, 2.45) is 0 Å². The zero-order valence-electron chi connectivity index (χ0n) is 11.0. The van der Waals surface area contributed by atoms with Gasteiger partial charge in [-0.2, -0.15) is 5.26 Å². The first-order valence-electron chi connectivity index (χ1n) is 6.14. The lowest BCUT2D eigenvalue weighted by molar-refractivity contribution is 0.632. The summed E-state index contributed by atoms with van der Waals surface area (Å²) in [5.41, 5.74) is 0.694. The predicted molar refractivity (Wildman–Crippen MR) is 82.7 cm³/mol. The molecule has 0 saturated heterocycles. The van der Waals surface area contributed by atoms with E-state index in [2.05, 4.69) is 20.5 Å². The molecule has 0 spiro atoms. The quantitative estimate of drug-likeness (QED) is 0.784. The molecular formula is C14H8FN5S2. The molecule has 1 N–H and O–H groups in total. The topological polar surface area (TPSA) is 74.5 Å². The highest BCUT2D eigenvalue weighted by molar-refractivity contribution is 8.01. The molecule has 0 aliphatic carbocycles. The van der Waals surface area contributed by atoms with E-state index in [1.165, 1.54) is 29.2 Å². The average Bonchev–Trinajstić information content (AvgIpc) is 2.97. The lowest BCUT2D eigenvalue weighted by Gasteiger charge is -2.01. The van der Waals surface area contributed by atoms with Gasteiger partial charge in [-0.25, -0.2) is 9.37 Å². The molecule has 0 unspecified atom stereocenters. The molecule has 0 aliphatic rings. The van der Waals surface area contributed by atoms with Crippen LogP contribution in [0.4, 0.5) is 15.2 Å². The number of nitrogens with one attached hydrogen (secondary N) is 1. The van der Waals surface area contributed by atoms with Crippen LogP contribution in [0.15, 0.2) is 51.8 Å². The van der Waals surface area contributed by atoms with Crippen LogP contribution in [0.5, 0.6) is 0 Å². The smallest absolute Gasteiger partial charge is 0.210 e. The number of nitrogens with zero attached hydrogens (tertiary/aromatic N) is 4. The van der Waals surface area contributed by atoms with Crippen molar-refractivity contribution in [1.29, 1.82) is 5.26 Å². The lowest BCUT2D eigenvalue weighted by Crippen LogP contribution is -1.92. The van der Waals surface area contributed by atoms with Crippen LogP contribution >= 0.6 is 23.1 Å². The minimum atomic E-state index is -0.352. The largest absolute Gasteiger partial charge is 0.328 e. The van der Waals surface area contributed by atoms with Crippen LogP contribution in [0.1, 0.15) is 5.69 Å². The van der Waals surface area contributed by atoms with Crippen LogP contribution in [-0.4, -0.2) is 15.2 Å². The van der Waals surface area contributed by atoms with Crippen LogP contribution < -0.4 is 5.32 Å². The van der Waals surface area contributed by atoms with Crippen LogP contribution in [0, 0.1) is 17.1 Å². The van der Waals surface area contributed by atoms with Gasteiger partial charge in [-0.1, -0.05) is 29.5 Å². The molecule has 22 heavy (non-hydrogen) atoms. The number of para-hydroxylation sites is 1. The molecule has 3 rings (SSSR count). The van der Waals surface area contributed by atoms with Gasteiger partial charge in [0.25, 0.3) is 0 Å². The summed E-state index contributed by atoms with van der Waals surface area (Å²) in [4.78, 5) is 4.15. The molecule has 108 valence electrons. The Morgan fingerprint density at radius 3 is 2.82 bits per heavy atom. The van der Waals surface area contributed by atoms with Crippen molar-refractivity contribution in [1.82, 2.24) is 15.2 Å². The minimum absolute atomic E-state index is 0.347. The summed E-state index contributed by atoms with van der Waals surface area (Å²) >= 11 is 2.59. The van der Waals surface area contributed by atoms with Gasteiger partial charge in [-0.15, -0.1) is 10.2 Å². The second-order valence-electron chi connectivity index (χ2n) is 4.05. The van der Waals surface area contributed by atoms with Crippen LogP contribution in [0.2, 0.25) is 0 Å². The fraction of sp³-hybridized carbons (Fsp3) is 0. The Labute approximate surface area is 133 Å². The maximum Gasteiger partial charge on any atom is 0.210 e. The maximum absolute atomic E-state index is 13.6. The number of aromatic nitrogens is 3. The summed E-state index contributed by atoms with van der Waals surface area (Å²) in [7, 11) is 0. The highest BCUT2D eigenvalue weighted by Gasteiger charge is 2.09. The molecular weight excluding hydrogens is 321 g/mol. The highest BCUT2D eigenvalue weighted by atomic mass is 32.2. The van der Waals surface area contributed by atoms with E-state index in [9.17, 15) is 4.39 Å². The van der Waals surface area contributed by atoms with Crippen molar-refractivity contribution in [2.75, 3.05) is 5.32 Å². The number of hydrogen-bond donors (Lipinski definition) is 1. The Morgan fingerprint density at radius 2 is 2.00 bits per heavy atom. The van der Waals surface area contributed by atoms with E-state index in [1.807, 2.05) is 6.07 Å². The molecule has 0 saturated carbocycles. The van der Waals surface area contributed by atoms with Crippen molar-refractivity contribution >= 4 is 33.9 Å². The first-order chi connectivity index (χ1) is 10.7. The first-order valence-corrected chi connectivity index (χ1v) is 7.78. The van der Waals surface area contributed by atoms with Crippen LogP contribution in [0.3, 0.4) is 0 Å². The monoisotopic (exact) mass is 329 g/mol. The van der Waals surface area contributed by atoms with Gasteiger partial charge in [0.05, 0.1) is 5.69 Å². The van der Waals surface area contributed by atoms with Crippen LogP contribution in [0.25, 0.3) is 0 Å². The van der Waals surface area contributed by atoms with Crippen molar-refractivity contribution in [2.45, 2.75) is 9.37 Å². The molecule has 0 bridgehead atoms. The van der Waals surface area contributed by atoms with Gasteiger partial charge in [0.15, 0.2) is 4.34 Å². The van der Waals surface area contributed by atoms with Crippen molar-refractivity contribution in [3.8, 4) is 6.07 Å². The molecule has 0 amide bonds. The number of halogens is 1. The van der Waals surface area contributed by atoms with Gasteiger partial charge in [0.2, 0.25) is 5.13 Å². The molecule has 2 heterocycles. The van der Waals surface area contributed by atoms with E-state index < -0.39 is 0 Å². The number of hydrogen-bond acceptors (Lipinski definition) is 7. The third kappa shape index (κ3) is 3.39. The molecule has 0 aliphatic heterocycles. The van der Waals surface area contributed by atoms with E-state index in [0.717, 1.165) is 0 Å². The number of nitriles is 1. The summed E-state index contributed by atoms with van der Waals surface area (Å²) in [5, 5.41) is 20.8.